The van der Waals surface area contributed by atoms with Gasteiger partial charge in [0.1, 0.15) is 0 Å². The minimum Gasteiger partial charge on any atom is -0.481 e. The van der Waals surface area contributed by atoms with Crippen molar-refractivity contribution in [2.45, 2.75) is 96.8 Å². The van der Waals surface area contributed by atoms with E-state index in [-0.39, 0.29) is 6.09 Å². The lowest BCUT2D eigenvalue weighted by Gasteiger charge is -2.05. The second-order valence-corrected chi connectivity index (χ2v) is 6.41. The molecule has 0 aliphatic carbocycles. The van der Waals surface area contributed by atoms with Crippen LogP contribution in [0.2, 0.25) is 0 Å². The maximum Gasteiger partial charge on any atom is 0.407 e. The Bertz CT molecular complexity index is 308. The van der Waals surface area contributed by atoms with Gasteiger partial charge in [-0.2, -0.15) is 0 Å². The van der Waals surface area contributed by atoms with E-state index in [4.69, 9.17) is 9.84 Å². The number of aliphatic carboxylic acids is 1. The van der Waals surface area contributed by atoms with Gasteiger partial charge in [0.2, 0.25) is 0 Å². The lowest BCUT2D eigenvalue weighted by atomic mass is 10.0. The van der Waals surface area contributed by atoms with Crippen molar-refractivity contribution >= 4 is 12.1 Å². The number of nitrogens with one attached hydrogen (secondary N) is 1. The summed E-state index contributed by atoms with van der Waals surface area (Å²) in [6.07, 6.45) is 15.4. The second-order valence-electron chi connectivity index (χ2n) is 6.41. The topological polar surface area (TPSA) is 75.6 Å². The molecule has 0 saturated heterocycles. The fourth-order valence-corrected chi connectivity index (χ4v) is 2.68. The summed E-state index contributed by atoms with van der Waals surface area (Å²) < 4.78 is 5.02. The Balaban J connectivity index is 3.05. The molecule has 0 aliphatic rings. The molecule has 0 spiro atoms. The normalized spacial score (nSPS) is 10.5. The van der Waals surface area contributed by atoms with Crippen molar-refractivity contribution in [1.29, 1.82) is 0 Å². The van der Waals surface area contributed by atoms with Gasteiger partial charge in [0.25, 0.3) is 0 Å². The summed E-state index contributed by atoms with van der Waals surface area (Å²) in [7, 11) is 0. The van der Waals surface area contributed by atoms with Gasteiger partial charge < -0.3 is 15.2 Å². The van der Waals surface area contributed by atoms with Crippen molar-refractivity contribution in [3.63, 3.8) is 0 Å². The van der Waals surface area contributed by atoms with Crippen LogP contribution in [0.5, 0.6) is 0 Å². The van der Waals surface area contributed by atoms with E-state index in [0.717, 1.165) is 25.7 Å². The summed E-state index contributed by atoms with van der Waals surface area (Å²) in [5.41, 5.74) is 0. The Morgan fingerprint density at radius 3 is 1.58 bits per heavy atom. The summed E-state index contributed by atoms with van der Waals surface area (Å²) in [6.45, 7) is 3.02. The molecule has 0 aromatic heterocycles. The first kappa shape index (κ1) is 22.7. The molecular weight excluding hydrogens is 306 g/mol. The van der Waals surface area contributed by atoms with E-state index in [2.05, 4.69) is 5.32 Å². The number of carbonyl (C=O) groups is 2. The third kappa shape index (κ3) is 18.8. The molecule has 1 amide bonds. The van der Waals surface area contributed by atoms with Crippen LogP contribution in [-0.4, -0.2) is 30.3 Å². The Morgan fingerprint density at radius 1 is 0.750 bits per heavy atom. The smallest absolute Gasteiger partial charge is 0.407 e. The van der Waals surface area contributed by atoms with E-state index in [1.54, 1.807) is 0 Å². The highest BCUT2D eigenvalue weighted by atomic mass is 16.5. The average molecular weight is 344 g/mol. The predicted octanol–water partition coefficient (Wildman–Crippen LogP) is 5.28. The van der Waals surface area contributed by atoms with Crippen LogP contribution in [0.1, 0.15) is 96.8 Å². The van der Waals surface area contributed by atoms with Crippen molar-refractivity contribution in [1.82, 2.24) is 5.32 Å². The van der Waals surface area contributed by atoms with Crippen LogP contribution in [0.3, 0.4) is 0 Å². The number of ether oxygens (including phenoxy) is 1. The molecule has 5 heteroatoms. The van der Waals surface area contributed by atoms with E-state index in [1.807, 2.05) is 6.92 Å². The zero-order chi connectivity index (χ0) is 17.9. The fourth-order valence-electron chi connectivity index (χ4n) is 2.68. The Morgan fingerprint density at radius 2 is 1.17 bits per heavy atom. The van der Waals surface area contributed by atoms with Crippen LogP contribution in [0.15, 0.2) is 0 Å². The van der Waals surface area contributed by atoms with E-state index < -0.39 is 5.97 Å². The number of rotatable bonds is 17. The lowest BCUT2D eigenvalue weighted by molar-refractivity contribution is -0.137. The number of unbranched alkanes of at least 4 members (excludes halogenated alkanes) is 12. The van der Waals surface area contributed by atoms with Crippen molar-refractivity contribution in [2.24, 2.45) is 0 Å². The second kappa shape index (κ2) is 18.1. The number of carboxylic acid groups (broad SMARTS) is 1. The summed E-state index contributed by atoms with van der Waals surface area (Å²) in [6, 6.07) is 0. The van der Waals surface area contributed by atoms with Gasteiger partial charge in [0.05, 0.1) is 6.61 Å². The highest BCUT2D eigenvalue weighted by Gasteiger charge is 1.99. The zero-order valence-corrected chi connectivity index (χ0v) is 15.5. The molecule has 0 rings (SSSR count). The monoisotopic (exact) mass is 343 g/mol. The first-order valence-electron chi connectivity index (χ1n) is 9.79. The minimum absolute atomic E-state index is 0.306. The van der Waals surface area contributed by atoms with Crippen LogP contribution >= 0.6 is 0 Å². The fraction of sp³-hybridized carbons (Fsp3) is 0.895. The van der Waals surface area contributed by atoms with Gasteiger partial charge in [-0.15, -0.1) is 0 Å². The molecule has 5 nitrogen and oxygen atoms in total. The van der Waals surface area contributed by atoms with E-state index >= 15 is 0 Å². The molecule has 0 atom stereocenters. The molecule has 0 aromatic carbocycles. The predicted molar refractivity (Wildman–Crippen MR) is 97.3 cm³/mol. The van der Waals surface area contributed by atoms with Gasteiger partial charge in [-0.05, 0) is 19.8 Å². The molecule has 0 fully saturated rings. The van der Waals surface area contributed by atoms with Crippen molar-refractivity contribution < 1.29 is 19.4 Å². The molecule has 24 heavy (non-hydrogen) atoms. The van der Waals surface area contributed by atoms with Crippen molar-refractivity contribution in [3.05, 3.63) is 0 Å². The average Bonchev–Trinajstić information content (AvgIpc) is 2.54. The van der Waals surface area contributed by atoms with Crippen LogP contribution in [0.25, 0.3) is 0 Å². The quantitative estimate of drug-likeness (QED) is 0.352. The van der Waals surface area contributed by atoms with Gasteiger partial charge in [0.15, 0.2) is 0 Å². The van der Waals surface area contributed by atoms with Crippen molar-refractivity contribution in [2.75, 3.05) is 13.2 Å². The lowest BCUT2D eigenvalue weighted by Crippen LogP contribution is -2.23. The maximum atomic E-state index is 11.0. The van der Waals surface area contributed by atoms with Crippen LogP contribution in [-0.2, 0) is 9.53 Å². The Hall–Kier alpha value is -1.26. The number of hydrogen-bond acceptors (Lipinski definition) is 3. The number of alkyl carbamates (subject to hydrolysis) is 1. The third-order valence-electron chi connectivity index (χ3n) is 4.09. The van der Waals surface area contributed by atoms with Crippen LogP contribution < -0.4 is 5.32 Å². The molecular formula is C19H37NO4. The molecule has 0 aliphatic heterocycles. The standard InChI is InChI=1S/C19H37NO4/c1-2-20-19(23)24-17-15-13-11-9-7-5-3-4-6-8-10-12-14-16-18(21)22/h2-17H2,1H3,(H,20,23)(H,21,22). The number of carbonyl (C=O) groups excluding carboxylic acids is 1. The van der Waals surface area contributed by atoms with E-state index in [1.165, 1.54) is 57.8 Å². The Kier molecular flexibility index (Phi) is 17.1. The summed E-state index contributed by atoms with van der Waals surface area (Å²) in [4.78, 5) is 21.4. The van der Waals surface area contributed by atoms with Gasteiger partial charge in [-0.3, -0.25) is 4.79 Å². The third-order valence-corrected chi connectivity index (χ3v) is 4.09. The Labute approximate surface area is 147 Å². The van der Waals surface area contributed by atoms with Crippen molar-refractivity contribution in [3.8, 4) is 0 Å². The van der Waals surface area contributed by atoms with Crippen LogP contribution in [0.4, 0.5) is 4.79 Å². The highest BCUT2D eigenvalue weighted by molar-refractivity contribution is 5.67. The molecule has 0 unspecified atom stereocenters. The van der Waals surface area contributed by atoms with E-state index in [0.29, 0.717) is 19.6 Å². The van der Waals surface area contributed by atoms with Gasteiger partial charge in [0, 0.05) is 13.0 Å². The number of hydrogen-bond donors (Lipinski definition) is 2. The first-order chi connectivity index (χ1) is 11.7. The molecule has 0 saturated carbocycles. The minimum atomic E-state index is -0.676. The van der Waals surface area contributed by atoms with Gasteiger partial charge in [-0.25, -0.2) is 4.79 Å². The molecule has 0 aromatic rings. The molecule has 2 N–H and O–H groups in total. The molecule has 0 bridgehead atoms. The van der Waals surface area contributed by atoms with Gasteiger partial charge in [-0.1, -0.05) is 70.6 Å². The van der Waals surface area contributed by atoms with E-state index in [9.17, 15) is 9.59 Å². The molecule has 0 heterocycles. The summed E-state index contributed by atoms with van der Waals surface area (Å²) in [5, 5.41) is 11.2. The SMILES string of the molecule is CCNC(=O)OCCCCCCCCCCCCCCCC(=O)O. The van der Waals surface area contributed by atoms with Crippen LogP contribution in [0, 0.1) is 0 Å². The number of amides is 1. The zero-order valence-electron chi connectivity index (χ0n) is 15.5. The largest absolute Gasteiger partial charge is 0.481 e. The first-order valence-corrected chi connectivity index (χ1v) is 9.79. The highest BCUT2D eigenvalue weighted by Crippen LogP contribution is 2.13. The number of carboxylic acids is 1. The summed E-state index contributed by atoms with van der Waals surface area (Å²) in [5.74, 6) is -0.676. The molecule has 142 valence electrons. The molecule has 0 radical (unpaired) electrons. The summed E-state index contributed by atoms with van der Waals surface area (Å²) >= 11 is 0. The maximum absolute atomic E-state index is 11.0. The van der Waals surface area contributed by atoms with Gasteiger partial charge >= 0.3 is 12.1 Å².